The van der Waals surface area contributed by atoms with Crippen LogP contribution in [-0.2, 0) is 14.3 Å². The van der Waals surface area contributed by atoms with E-state index in [2.05, 4.69) is 10.1 Å². The highest BCUT2D eigenvalue weighted by atomic mass is 16.5. The molecule has 74 valence electrons. The van der Waals surface area contributed by atoms with Crippen LogP contribution < -0.4 is 5.32 Å². The van der Waals surface area contributed by atoms with Crippen LogP contribution in [0.5, 0.6) is 0 Å². The van der Waals surface area contributed by atoms with E-state index in [-0.39, 0.29) is 6.04 Å². The van der Waals surface area contributed by atoms with Gasteiger partial charge in [0.05, 0.1) is 7.11 Å². The number of amides is 1. The number of carbonyl (C=O) groups excluding carboxylic acids is 2. The summed E-state index contributed by atoms with van der Waals surface area (Å²) in [5.41, 5.74) is 0. The maximum absolute atomic E-state index is 11.0. The molecular formula is C9H15NO3. The van der Waals surface area contributed by atoms with Crippen LogP contribution in [0.3, 0.4) is 0 Å². The molecule has 0 aromatic heterocycles. The van der Waals surface area contributed by atoms with Crippen molar-refractivity contribution in [3.63, 3.8) is 0 Å². The molecule has 13 heavy (non-hydrogen) atoms. The summed E-state index contributed by atoms with van der Waals surface area (Å²) in [6.07, 6.45) is 3.46. The predicted molar refractivity (Wildman–Crippen MR) is 47.0 cm³/mol. The van der Waals surface area contributed by atoms with Crippen LogP contribution in [0.25, 0.3) is 0 Å². The van der Waals surface area contributed by atoms with Crippen LogP contribution in [-0.4, -0.2) is 25.0 Å². The van der Waals surface area contributed by atoms with E-state index in [4.69, 9.17) is 0 Å². The summed E-state index contributed by atoms with van der Waals surface area (Å²) in [4.78, 5) is 21.7. The van der Waals surface area contributed by atoms with Gasteiger partial charge in [-0.2, -0.15) is 0 Å². The molecule has 0 radical (unpaired) electrons. The van der Waals surface area contributed by atoms with Crippen LogP contribution in [0, 0.1) is 5.92 Å². The Labute approximate surface area is 77.6 Å². The van der Waals surface area contributed by atoms with Crippen molar-refractivity contribution in [2.45, 2.75) is 32.2 Å². The number of hydrogen-bond donors (Lipinski definition) is 1. The van der Waals surface area contributed by atoms with E-state index in [1.54, 1.807) is 0 Å². The highest BCUT2D eigenvalue weighted by Gasteiger charge is 2.25. The number of hydrogen-bond acceptors (Lipinski definition) is 3. The van der Waals surface area contributed by atoms with E-state index in [1.807, 2.05) is 6.92 Å². The summed E-state index contributed by atoms with van der Waals surface area (Å²) < 4.78 is 4.28. The zero-order chi connectivity index (χ0) is 9.84. The molecule has 1 saturated carbocycles. The van der Waals surface area contributed by atoms with Gasteiger partial charge in [0, 0.05) is 6.04 Å². The van der Waals surface area contributed by atoms with Gasteiger partial charge in [-0.15, -0.1) is 0 Å². The highest BCUT2D eigenvalue weighted by Crippen LogP contribution is 2.33. The monoisotopic (exact) mass is 185 g/mol. The minimum atomic E-state index is -0.817. The van der Waals surface area contributed by atoms with Crippen LogP contribution in [0.4, 0.5) is 0 Å². The van der Waals surface area contributed by atoms with Crippen molar-refractivity contribution in [3.8, 4) is 0 Å². The largest absolute Gasteiger partial charge is 0.462 e. The van der Waals surface area contributed by atoms with Gasteiger partial charge in [0.25, 0.3) is 0 Å². The van der Waals surface area contributed by atoms with Crippen molar-refractivity contribution < 1.29 is 14.3 Å². The van der Waals surface area contributed by atoms with Gasteiger partial charge in [-0.25, -0.2) is 4.79 Å². The van der Waals surface area contributed by atoms with Gasteiger partial charge in [-0.3, -0.25) is 4.79 Å². The Hall–Kier alpha value is -1.06. The Morgan fingerprint density at radius 2 is 2.15 bits per heavy atom. The molecule has 1 amide bonds. The number of esters is 1. The quantitative estimate of drug-likeness (QED) is 0.513. The molecule has 1 N–H and O–H groups in total. The maximum Gasteiger partial charge on any atom is 0.396 e. The Morgan fingerprint density at radius 1 is 1.54 bits per heavy atom. The number of nitrogens with one attached hydrogen (secondary N) is 1. The summed E-state index contributed by atoms with van der Waals surface area (Å²) in [5, 5.41) is 2.59. The number of methoxy groups -OCH3 is 1. The van der Waals surface area contributed by atoms with Gasteiger partial charge in [-0.1, -0.05) is 12.8 Å². The van der Waals surface area contributed by atoms with Crippen molar-refractivity contribution in [1.82, 2.24) is 5.32 Å². The van der Waals surface area contributed by atoms with Gasteiger partial charge < -0.3 is 10.1 Å². The first-order chi connectivity index (χ1) is 6.13. The van der Waals surface area contributed by atoms with E-state index >= 15 is 0 Å². The molecule has 1 fully saturated rings. The van der Waals surface area contributed by atoms with Crippen molar-refractivity contribution in [2.75, 3.05) is 7.11 Å². The summed E-state index contributed by atoms with van der Waals surface area (Å²) in [6.45, 7) is 1.90. The van der Waals surface area contributed by atoms with Crippen molar-refractivity contribution in [1.29, 1.82) is 0 Å². The van der Waals surface area contributed by atoms with Crippen LogP contribution in [0.2, 0.25) is 0 Å². The molecule has 0 spiro atoms. The number of carbonyl (C=O) groups is 2. The fourth-order valence-electron chi connectivity index (χ4n) is 1.29. The second kappa shape index (κ2) is 4.25. The molecule has 1 aliphatic carbocycles. The summed E-state index contributed by atoms with van der Waals surface area (Å²) in [5.74, 6) is -0.716. The van der Waals surface area contributed by atoms with Crippen molar-refractivity contribution in [2.24, 2.45) is 5.92 Å². The van der Waals surface area contributed by atoms with Gasteiger partial charge in [0.1, 0.15) is 0 Å². The minimum Gasteiger partial charge on any atom is -0.462 e. The molecule has 1 aliphatic rings. The number of rotatable bonds is 3. The topological polar surface area (TPSA) is 55.4 Å². The lowest BCUT2D eigenvalue weighted by molar-refractivity contribution is -0.153. The minimum absolute atomic E-state index is 0.0686. The molecule has 0 saturated heterocycles. The molecule has 0 bridgehead atoms. The highest BCUT2D eigenvalue weighted by molar-refractivity contribution is 6.32. The summed E-state index contributed by atoms with van der Waals surface area (Å²) in [7, 11) is 1.20. The third-order valence-electron chi connectivity index (χ3n) is 2.13. The second-order valence-electron chi connectivity index (χ2n) is 3.55. The summed E-state index contributed by atoms with van der Waals surface area (Å²) >= 11 is 0. The zero-order valence-corrected chi connectivity index (χ0v) is 8.00. The van der Waals surface area contributed by atoms with E-state index in [0.717, 1.165) is 12.3 Å². The van der Waals surface area contributed by atoms with E-state index in [9.17, 15) is 9.59 Å². The lowest BCUT2D eigenvalue weighted by Crippen LogP contribution is -2.38. The standard InChI is InChI=1S/C9H15NO3/c1-6(5-7-3-4-7)10-8(11)9(12)13-2/h6-7H,3-5H2,1-2H3,(H,10,11). The first-order valence-corrected chi connectivity index (χ1v) is 4.52. The van der Waals surface area contributed by atoms with Gasteiger partial charge in [0.2, 0.25) is 0 Å². The normalized spacial score (nSPS) is 17.7. The summed E-state index contributed by atoms with van der Waals surface area (Å²) in [6, 6.07) is 0.0686. The molecule has 0 aromatic rings. The lowest BCUT2D eigenvalue weighted by Gasteiger charge is -2.11. The second-order valence-corrected chi connectivity index (χ2v) is 3.55. The van der Waals surface area contributed by atoms with Gasteiger partial charge in [-0.05, 0) is 19.3 Å². The fourth-order valence-corrected chi connectivity index (χ4v) is 1.29. The third kappa shape index (κ3) is 3.44. The van der Waals surface area contributed by atoms with Crippen molar-refractivity contribution in [3.05, 3.63) is 0 Å². The molecule has 0 heterocycles. The smallest absolute Gasteiger partial charge is 0.396 e. The Kier molecular flexibility index (Phi) is 3.28. The van der Waals surface area contributed by atoms with E-state index in [0.29, 0.717) is 0 Å². The Morgan fingerprint density at radius 3 is 2.62 bits per heavy atom. The van der Waals surface area contributed by atoms with Gasteiger partial charge in [0.15, 0.2) is 0 Å². The molecular weight excluding hydrogens is 170 g/mol. The number of ether oxygens (including phenoxy) is 1. The zero-order valence-electron chi connectivity index (χ0n) is 8.00. The molecule has 4 nitrogen and oxygen atoms in total. The van der Waals surface area contributed by atoms with Gasteiger partial charge >= 0.3 is 11.9 Å². The van der Waals surface area contributed by atoms with E-state index < -0.39 is 11.9 Å². The maximum atomic E-state index is 11.0. The van der Waals surface area contributed by atoms with Crippen LogP contribution >= 0.6 is 0 Å². The first kappa shape index (κ1) is 10.0. The molecule has 1 atom stereocenters. The average Bonchev–Trinajstić information content (AvgIpc) is 2.86. The SMILES string of the molecule is COC(=O)C(=O)NC(C)CC1CC1. The van der Waals surface area contributed by atoms with Crippen LogP contribution in [0.15, 0.2) is 0 Å². The Balaban J connectivity index is 2.21. The molecule has 0 aliphatic heterocycles. The average molecular weight is 185 g/mol. The van der Waals surface area contributed by atoms with E-state index in [1.165, 1.54) is 20.0 Å². The third-order valence-corrected chi connectivity index (χ3v) is 2.13. The van der Waals surface area contributed by atoms with Crippen LogP contribution in [0.1, 0.15) is 26.2 Å². The predicted octanol–water partition coefficient (Wildman–Crippen LogP) is 0.464. The molecule has 1 rings (SSSR count). The van der Waals surface area contributed by atoms with Crippen molar-refractivity contribution >= 4 is 11.9 Å². The molecule has 1 unspecified atom stereocenters. The molecule has 0 aromatic carbocycles. The first-order valence-electron chi connectivity index (χ1n) is 4.52. The molecule has 4 heteroatoms. The lowest BCUT2D eigenvalue weighted by atomic mass is 10.1. The fraction of sp³-hybridized carbons (Fsp3) is 0.778. The Bertz CT molecular complexity index is 211.